The van der Waals surface area contributed by atoms with E-state index >= 15 is 4.11 Å². The van der Waals surface area contributed by atoms with Crippen LogP contribution < -0.4 is 9.80 Å². The second kappa shape index (κ2) is 11.6. The zero-order valence-electron chi connectivity index (χ0n) is 22.9. The molecular weight excluding hydrogens is 519 g/mol. The number of hydrogen-bond acceptors (Lipinski definition) is 6. The lowest BCUT2D eigenvalue weighted by Crippen LogP contribution is -2.45. The number of esters is 1. The van der Waals surface area contributed by atoms with Crippen LogP contribution in [0.15, 0.2) is 48.5 Å². The first-order valence-corrected chi connectivity index (χ1v) is 16.4. The Balaban J connectivity index is 1.79. The fourth-order valence-electron chi connectivity index (χ4n) is 6.30. The van der Waals surface area contributed by atoms with Crippen LogP contribution in [0.4, 0.5) is 21.2 Å². The molecule has 8 nitrogen and oxygen atoms in total. The lowest BCUT2D eigenvalue weighted by Gasteiger charge is -2.31. The number of aliphatic hydroxyl groups is 1. The Morgan fingerprint density at radius 2 is 1.92 bits per heavy atom. The van der Waals surface area contributed by atoms with Crippen molar-refractivity contribution in [2.45, 2.75) is 62.9 Å². The smallest absolute Gasteiger partial charge is 0.305 e. The average molecular weight is 557 g/mol. The predicted molar refractivity (Wildman–Crippen MR) is 149 cm³/mol. The summed E-state index contributed by atoms with van der Waals surface area (Å²) in [6.07, 6.45) is 1.68. The molecular formula is C29H37FN2O6Si. The highest BCUT2D eigenvalue weighted by atomic mass is 28.4. The van der Waals surface area contributed by atoms with Crippen LogP contribution in [0.5, 0.6) is 0 Å². The van der Waals surface area contributed by atoms with Gasteiger partial charge in [0.05, 0.1) is 18.9 Å². The Kier molecular flexibility index (Phi) is 8.58. The molecule has 1 N–H and O–H groups in total. The molecule has 0 unspecified atom stereocenters. The van der Waals surface area contributed by atoms with E-state index in [0.717, 1.165) is 6.41 Å². The zero-order valence-corrected chi connectivity index (χ0v) is 23.9. The van der Waals surface area contributed by atoms with E-state index < -0.39 is 31.6 Å². The van der Waals surface area contributed by atoms with Gasteiger partial charge in [0.15, 0.2) is 5.60 Å². The predicted octanol–water partition coefficient (Wildman–Crippen LogP) is 4.83. The Morgan fingerprint density at radius 1 is 1.21 bits per heavy atom. The van der Waals surface area contributed by atoms with Gasteiger partial charge in [-0.05, 0) is 62.7 Å². The molecule has 39 heavy (non-hydrogen) atoms. The normalized spacial score (nSPS) is 24.2. The largest absolute Gasteiger partial charge is 0.469 e. The average Bonchev–Trinajstić information content (AvgIpc) is 3.34. The molecule has 2 aliphatic heterocycles. The summed E-state index contributed by atoms with van der Waals surface area (Å²) in [5, 5.41) is 9.76. The number of unbranched alkanes of at least 4 members (excludes halogenated alkanes) is 1. The molecule has 4 rings (SSSR count). The summed E-state index contributed by atoms with van der Waals surface area (Å²) in [4.78, 5) is 41.2. The maximum atomic E-state index is 15.7. The van der Waals surface area contributed by atoms with E-state index in [4.69, 9.17) is 9.47 Å². The molecule has 2 heterocycles. The van der Waals surface area contributed by atoms with Gasteiger partial charge in [-0.1, -0.05) is 25.1 Å². The van der Waals surface area contributed by atoms with Crippen molar-refractivity contribution in [3.8, 4) is 0 Å². The van der Waals surface area contributed by atoms with Gasteiger partial charge in [-0.15, -0.1) is 0 Å². The second-order valence-corrected chi connectivity index (χ2v) is 14.6. The molecule has 1 saturated heterocycles. The van der Waals surface area contributed by atoms with Gasteiger partial charge >= 0.3 is 5.97 Å². The molecule has 2 amide bonds. The Labute approximate surface area is 229 Å². The van der Waals surface area contributed by atoms with Crippen LogP contribution in [-0.4, -0.2) is 58.2 Å². The third kappa shape index (κ3) is 5.25. The fourth-order valence-corrected chi connectivity index (χ4v) is 8.85. The van der Waals surface area contributed by atoms with E-state index in [1.165, 1.54) is 12.0 Å². The van der Waals surface area contributed by atoms with E-state index in [1.54, 1.807) is 36.2 Å². The van der Waals surface area contributed by atoms with Gasteiger partial charge < -0.3 is 23.6 Å². The van der Waals surface area contributed by atoms with E-state index in [9.17, 15) is 19.5 Å². The third-order valence-corrected chi connectivity index (χ3v) is 10.5. The van der Waals surface area contributed by atoms with Gasteiger partial charge in [0.1, 0.15) is 0 Å². The summed E-state index contributed by atoms with van der Waals surface area (Å²) in [5.41, 5.74) is 0.510. The molecule has 2 aromatic rings. The summed E-state index contributed by atoms with van der Waals surface area (Å²) in [5.74, 6) is -1.08. The van der Waals surface area contributed by atoms with E-state index in [0.29, 0.717) is 42.0 Å². The first-order valence-electron chi connectivity index (χ1n) is 13.4. The van der Waals surface area contributed by atoms with Crippen LogP contribution in [0.2, 0.25) is 18.6 Å². The van der Waals surface area contributed by atoms with Crippen molar-refractivity contribution < 1.29 is 33.1 Å². The molecule has 0 aliphatic carbocycles. The number of hydrogen-bond donors (Lipinski definition) is 1. The van der Waals surface area contributed by atoms with Gasteiger partial charge in [0, 0.05) is 48.0 Å². The molecule has 0 aromatic heterocycles. The minimum Gasteiger partial charge on any atom is -0.469 e. The quantitative estimate of drug-likeness (QED) is 0.140. The molecule has 1 spiro atoms. The number of carbonyl (C=O) groups is 3. The minimum absolute atomic E-state index is 0.181. The lowest BCUT2D eigenvalue weighted by molar-refractivity contribution is -0.146. The molecule has 0 saturated carbocycles. The van der Waals surface area contributed by atoms with Gasteiger partial charge in [-0.3, -0.25) is 19.3 Å². The number of rotatable bonds is 11. The van der Waals surface area contributed by atoms with Crippen molar-refractivity contribution in [2.24, 2.45) is 5.92 Å². The van der Waals surface area contributed by atoms with Gasteiger partial charge in [-0.25, -0.2) is 0 Å². The highest BCUT2D eigenvalue weighted by Crippen LogP contribution is 2.60. The number of para-hydroxylation sites is 1. The fraction of sp³-hybridized carbons (Fsp3) is 0.483. The van der Waals surface area contributed by atoms with Crippen LogP contribution in [0, 0.1) is 5.92 Å². The number of anilines is 3. The van der Waals surface area contributed by atoms with Crippen molar-refractivity contribution in [1.82, 2.24) is 0 Å². The molecule has 2 aliphatic rings. The highest BCUT2D eigenvalue weighted by molar-refractivity contribution is 6.72. The maximum absolute atomic E-state index is 15.7. The van der Waals surface area contributed by atoms with Gasteiger partial charge in [-0.2, -0.15) is 0 Å². The Bertz CT molecular complexity index is 1210. The van der Waals surface area contributed by atoms with E-state index in [1.807, 2.05) is 37.3 Å². The van der Waals surface area contributed by atoms with Crippen LogP contribution >= 0.6 is 0 Å². The van der Waals surface area contributed by atoms with Crippen molar-refractivity contribution in [3.05, 3.63) is 54.1 Å². The molecule has 1 fully saturated rings. The minimum atomic E-state index is -3.32. The number of fused-ring (bicyclic) bond motifs is 2. The van der Waals surface area contributed by atoms with Crippen LogP contribution in [0.3, 0.4) is 0 Å². The SMILES string of the molecule is COC(=O)CCCCN1C(=O)[C@@]2(O[C@@H](CCO)[C@H]([Si](C)(C)F)[C@H]2C)c2cc(N(C=O)c3ccccc3)ccc21. The number of amides is 2. The van der Waals surface area contributed by atoms with Crippen LogP contribution in [0.1, 0.15) is 38.2 Å². The van der Waals surface area contributed by atoms with Crippen molar-refractivity contribution in [2.75, 3.05) is 30.1 Å². The Hall–Kier alpha value is -3.08. The van der Waals surface area contributed by atoms with Crippen molar-refractivity contribution in [3.63, 3.8) is 0 Å². The highest BCUT2D eigenvalue weighted by Gasteiger charge is 2.66. The summed E-state index contributed by atoms with van der Waals surface area (Å²) in [7, 11) is -1.98. The van der Waals surface area contributed by atoms with Crippen LogP contribution in [-0.2, 0) is 29.5 Å². The molecule has 0 radical (unpaired) electrons. The standard InChI is InChI=1S/C29H37FN2O6Si/c1-20-27(39(3,4)30)25(15-17-33)38-29(20)23-18-22(32(19-34)21-10-6-5-7-11-21)13-14-24(23)31(28(29)36)16-9-8-12-26(35)37-2/h5-7,10-11,13-14,18-20,25,27,33H,8-9,12,15-17H2,1-4H3/t20-,25+,27-,29+/m1/s1. The summed E-state index contributed by atoms with van der Waals surface area (Å²) >= 11 is 0. The third-order valence-electron chi connectivity index (χ3n) is 8.02. The number of halogens is 1. The topological polar surface area (TPSA) is 96.4 Å². The number of nitrogens with zero attached hydrogens (tertiary/aromatic N) is 2. The van der Waals surface area contributed by atoms with Gasteiger partial charge in [0.25, 0.3) is 5.91 Å². The molecule has 10 heteroatoms. The maximum Gasteiger partial charge on any atom is 0.305 e. The molecule has 0 bridgehead atoms. The van der Waals surface area contributed by atoms with Crippen LogP contribution in [0.25, 0.3) is 0 Å². The van der Waals surface area contributed by atoms with E-state index in [-0.39, 0.29) is 31.3 Å². The second-order valence-electron chi connectivity index (χ2n) is 10.8. The zero-order chi connectivity index (χ0) is 28.4. The summed E-state index contributed by atoms with van der Waals surface area (Å²) in [6.45, 7) is 5.26. The van der Waals surface area contributed by atoms with Crippen molar-refractivity contribution in [1.29, 1.82) is 0 Å². The van der Waals surface area contributed by atoms with E-state index in [2.05, 4.69) is 0 Å². The summed E-state index contributed by atoms with van der Waals surface area (Å²) < 4.78 is 27.0. The number of aliphatic hydroxyl groups excluding tert-OH is 1. The first kappa shape index (κ1) is 28.9. The molecule has 210 valence electrons. The number of benzene rings is 2. The first-order chi connectivity index (χ1) is 18.6. The lowest BCUT2D eigenvalue weighted by atomic mass is 9.82. The Morgan fingerprint density at radius 3 is 2.54 bits per heavy atom. The number of ether oxygens (including phenoxy) is 2. The number of methoxy groups -OCH3 is 1. The summed E-state index contributed by atoms with van der Waals surface area (Å²) in [6, 6.07) is 14.5. The van der Waals surface area contributed by atoms with Gasteiger partial charge in [0.2, 0.25) is 14.8 Å². The molecule has 2 aromatic carbocycles. The van der Waals surface area contributed by atoms with Crippen molar-refractivity contribution >= 4 is 43.8 Å². The molecule has 4 atom stereocenters. The number of carbonyl (C=O) groups excluding carboxylic acids is 3. The monoisotopic (exact) mass is 556 g/mol.